The van der Waals surface area contributed by atoms with Crippen molar-refractivity contribution in [2.24, 2.45) is 0 Å². The Bertz CT molecular complexity index is 667. The van der Waals surface area contributed by atoms with Gasteiger partial charge in [-0.3, -0.25) is 0 Å². The van der Waals surface area contributed by atoms with E-state index in [4.69, 9.17) is 21.6 Å². The van der Waals surface area contributed by atoms with Crippen molar-refractivity contribution in [3.8, 4) is 11.8 Å². The van der Waals surface area contributed by atoms with E-state index in [9.17, 15) is 4.39 Å². The summed E-state index contributed by atoms with van der Waals surface area (Å²) >= 11 is 6.04. The number of ether oxygens (including phenoxy) is 1. The van der Waals surface area contributed by atoms with E-state index >= 15 is 0 Å². The number of nitriles is 1. The Morgan fingerprint density at radius 2 is 2.10 bits per heavy atom. The van der Waals surface area contributed by atoms with Crippen molar-refractivity contribution < 1.29 is 9.13 Å². The first-order valence-electron chi connectivity index (χ1n) is 5.90. The lowest BCUT2D eigenvalue weighted by Gasteiger charge is -2.10. The first-order chi connectivity index (χ1) is 9.63. The fraction of sp³-hybridized carbons (Fsp3) is 0.133. The van der Waals surface area contributed by atoms with E-state index in [0.29, 0.717) is 23.0 Å². The number of methoxy groups -OCH3 is 1. The summed E-state index contributed by atoms with van der Waals surface area (Å²) in [6, 6.07) is 11.4. The van der Waals surface area contributed by atoms with Crippen LogP contribution in [-0.4, -0.2) is 7.11 Å². The monoisotopic (exact) mass is 290 g/mol. The van der Waals surface area contributed by atoms with Crippen LogP contribution in [0.2, 0.25) is 5.02 Å². The molecule has 3 nitrogen and oxygen atoms in total. The van der Waals surface area contributed by atoms with Crippen molar-refractivity contribution in [2.45, 2.75) is 6.54 Å². The van der Waals surface area contributed by atoms with Crippen molar-refractivity contribution >= 4 is 17.3 Å². The maximum Gasteiger partial charge on any atom is 0.137 e. The predicted molar refractivity (Wildman–Crippen MR) is 76.4 cm³/mol. The van der Waals surface area contributed by atoms with Crippen LogP contribution in [-0.2, 0) is 6.54 Å². The van der Waals surface area contributed by atoms with Gasteiger partial charge in [0.25, 0.3) is 0 Å². The molecule has 0 aromatic heterocycles. The summed E-state index contributed by atoms with van der Waals surface area (Å²) in [5, 5.41) is 12.6. The molecule has 0 spiro atoms. The number of benzene rings is 2. The summed E-state index contributed by atoms with van der Waals surface area (Å²) in [5.74, 6) is 0.175. The van der Waals surface area contributed by atoms with Gasteiger partial charge in [0.1, 0.15) is 17.6 Å². The smallest absolute Gasteiger partial charge is 0.137 e. The quantitative estimate of drug-likeness (QED) is 0.926. The SMILES string of the molecule is COc1ccc(CNc2ccc(F)cc2C#N)cc1Cl. The van der Waals surface area contributed by atoms with Crippen LogP contribution in [0, 0.1) is 17.1 Å². The van der Waals surface area contributed by atoms with Gasteiger partial charge < -0.3 is 10.1 Å². The average molecular weight is 291 g/mol. The normalized spacial score (nSPS) is 9.90. The summed E-state index contributed by atoms with van der Waals surface area (Å²) in [4.78, 5) is 0. The molecule has 0 aliphatic rings. The molecular formula is C15H12ClFN2O. The van der Waals surface area contributed by atoms with Gasteiger partial charge in [0, 0.05) is 6.54 Å². The van der Waals surface area contributed by atoms with E-state index < -0.39 is 5.82 Å². The molecule has 0 saturated carbocycles. The molecule has 0 radical (unpaired) electrons. The third-order valence-corrected chi connectivity index (χ3v) is 3.10. The molecule has 0 unspecified atom stereocenters. The summed E-state index contributed by atoms with van der Waals surface area (Å²) in [7, 11) is 1.55. The summed E-state index contributed by atoms with van der Waals surface area (Å²) in [6.45, 7) is 0.476. The number of rotatable bonds is 4. The number of hydrogen-bond donors (Lipinski definition) is 1. The maximum absolute atomic E-state index is 13.0. The van der Waals surface area contributed by atoms with Crippen LogP contribution in [0.15, 0.2) is 36.4 Å². The van der Waals surface area contributed by atoms with Crippen LogP contribution in [0.3, 0.4) is 0 Å². The van der Waals surface area contributed by atoms with Gasteiger partial charge in [-0.1, -0.05) is 17.7 Å². The van der Waals surface area contributed by atoms with E-state index in [0.717, 1.165) is 5.56 Å². The summed E-state index contributed by atoms with van der Waals surface area (Å²) < 4.78 is 18.1. The van der Waals surface area contributed by atoms with E-state index in [1.165, 1.54) is 12.1 Å². The molecule has 5 heteroatoms. The van der Waals surface area contributed by atoms with E-state index in [-0.39, 0.29) is 5.56 Å². The van der Waals surface area contributed by atoms with Gasteiger partial charge in [-0.2, -0.15) is 5.26 Å². The molecule has 0 aliphatic heterocycles. The average Bonchev–Trinajstić information content (AvgIpc) is 2.46. The van der Waals surface area contributed by atoms with Gasteiger partial charge in [0.15, 0.2) is 0 Å². The molecule has 0 fully saturated rings. The van der Waals surface area contributed by atoms with Crippen molar-refractivity contribution in [3.05, 3.63) is 58.4 Å². The number of halogens is 2. The highest BCUT2D eigenvalue weighted by Crippen LogP contribution is 2.25. The molecule has 20 heavy (non-hydrogen) atoms. The fourth-order valence-electron chi connectivity index (χ4n) is 1.78. The zero-order valence-corrected chi connectivity index (χ0v) is 11.5. The van der Waals surface area contributed by atoms with Crippen molar-refractivity contribution in [1.82, 2.24) is 0 Å². The van der Waals surface area contributed by atoms with Gasteiger partial charge >= 0.3 is 0 Å². The van der Waals surface area contributed by atoms with E-state index in [2.05, 4.69) is 5.32 Å². The number of anilines is 1. The lowest BCUT2D eigenvalue weighted by atomic mass is 10.1. The highest BCUT2D eigenvalue weighted by atomic mass is 35.5. The molecule has 2 rings (SSSR count). The maximum atomic E-state index is 13.0. The van der Waals surface area contributed by atoms with Crippen LogP contribution >= 0.6 is 11.6 Å². The molecule has 1 N–H and O–H groups in total. The third-order valence-electron chi connectivity index (χ3n) is 2.80. The Balaban J connectivity index is 2.13. The second-order valence-electron chi connectivity index (χ2n) is 4.12. The number of hydrogen-bond acceptors (Lipinski definition) is 3. The second kappa shape index (κ2) is 6.27. The zero-order valence-electron chi connectivity index (χ0n) is 10.8. The second-order valence-corrected chi connectivity index (χ2v) is 4.53. The standard InChI is InChI=1S/C15H12ClFN2O/c1-20-15-5-2-10(6-13(15)16)9-19-14-4-3-12(17)7-11(14)8-18/h2-7,19H,9H2,1H3. The summed E-state index contributed by atoms with van der Waals surface area (Å²) in [5.41, 5.74) is 1.79. The van der Waals surface area contributed by atoms with E-state index in [1.54, 1.807) is 25.3 Å². The topological polar surface area (TPSA) is 45.0 Å². The molecule has 2 aromatic rings. The largest absolute Gasteiger partial charge is 0.495 e. The highest BCUT2D eigenvalue weighted by molar-refractivity contribution is 6.32. The van der Waals surface area contributed by atoms with Gasteiger partial charge in [-0.15, -0.1) is 0 Å². The van der Waals surface area contributed by atoms with Crippen molar-refractivity contribution in [1.29, 1.82) is 5.26 Å². The molecule has 2 aromatic carbocycles. The zero-order chi connectivity index (χ0) is 14.5. The molecule has 0 atom stereocenters. The lowest BCUT2D eigenvalue weighted by Crippen LogP contribution is -2.02. The summed E-state index contributed by atoms with van der Waals surface area (Å²) in [6.07, 6.45) is 0. The van der Waals surface area contributed by atoms with Crippen LogP contribution in [0.4, 0.5) is 10.1 Å². The van der Waals surface area contributed by atoms with Gasteiger partial charge in [-0.25, -0.2) is 4.39 Å². The fourth-order valence-corrected chi connectivity index (χ4v) is 2.06. The Kier molecular flexibility index (Phi) is 4.44. The molecule has 0 saturated heterocycles. The first kappa shape index (κ1) is 14.2. The first-order valence-corrected chi connectivity index (χ1v) is 6.28. The van der Waals surface area contributed by atoms with Crippen LogP contribution in [0.1, 0.15) is 11.1 Å². The molecule has 0 aliphatic carbocycles. The minimum absolute atomic E-state index is 0.268. The van der Waals surface area contributed by atoms with Gasteiger partial charge in [-0.05, 0) is 35.9 Å². The van der Waals surface area contributed by atoms with E-state index in [1.807, 2.05) is 12.1 Å². The van der Waals surface area contributed by atoms with Gasteiger partial charge in [0.2, 0.25) is 0 Å². The lowest BCUT2D eigenvalue weighted by molar-refractivity contribution is 0.415. The highest BCUT2D eigenvalue weighted by Gasteiger charge is 2.05. The van der Waals surface area contributed by atoms with Crippen LogP contribution in [0.5, 0.6) is 5.75 Å². The number of nitrogens with zero attached hydrogens (tertiary/aromatic N) is 1. The molecule has 102 valence electrons. The van der Waals surface area contributed by atoms with Crippen LogP contribution in [0.25, 0.3) is 0 Å². The Morgan fingerprint density at radius 3 is 2.75 bits per heavy atom. The molecule has 0 heterocycles. The minimum Gasteiger partial charge on any atom is -0.495 e. The Morgan fingerprint density at radius 1 is 1.30 bits per heavy atom. The van der Waals surface area contributed by atoms with Crippen LogP contribution < -0.4 is 10.1 Å². The predicted octanol–water partition coefficient (Wildman–Crippen LogP) is 3.97. The Hall–Kier alpha value is -2.25. The molecule has 0 bridgehead atoms. The minimum atomic E-state index is -0.431. The Labute approximate surface area is 121 Å². The number of nitrogens with one attached hydrogen (secondary N) is 1. The molecule has 0 amide bonds. The van der Waals surface area contributed by atoms with Gasteiger partial charge in [0.05, 0.1) is 23.4 Å². The molecular weight excluding hydrogens is 279 g/mol. The van der Waals surface area contributed by atoms with Crippen molar-refractivity contribution in [3.63, 3.8) is 0 Å². The third kappa shape index (κ3) is 3.19. The van der Waals surface area contributed by atoms with Crippen molar-refractivity contribution in [2.75, 3.05) is 12.4 Å².